The van der Waals surface area contributed by atoms with Gasteiger partial charge in [0, 0.05) is 11.1 Å². The summed E-state index contributed by atoms with van der Waals surface area (Å²) in [5.74, 6) is 0.188. The zero-order valence-corrected chi connectivity index (χ0v) is 9.18. The highest BCUT2D eigenvalue weighted by molar-refractivity contribution is 6.31. The third-order valence-electron chi connectivity index (χ3n) is 2.08. The largest absolute Gasteiger partial charge is 0.324 e. The van der Waals surface area contributed by atoms with E-state index in [0.29, 0.717) is 16.5 Å². The molecule has 3 heteroatoms. The maximum atomic E-state index is 12.9. The molecule has 0 amide bonds. The molecule has 1 aromatic rings. The summed E-state index contributed by atoms with van der Waals surface area (Å²) in [6, 6.07) is 4.12. The van der Waals surface area contributed by atoms with E-state index >= 15 is 0 Å². The molecule has 0 bridgehead atoms. The Hall–Kier alpha value is -0.600. The molecule has 1 rings (SSSR count). The van der Waals surface area contributed by atoms with Crippen molar-refractivity contribution in [1.82, 2.24) is 0 Å². The minimum absolute atomic E-state index is 0.182. The van der Waals surface area contributed by atoms with Crippen LogP contribution in [0.5, 0.6) is 0 Å². The van der Waals surface area contributed by atoms with E-state index in [1.807, 2.05) is 0 Å². The van der Waals surface area contributed by atoms with E-state index in [4.69, 9.17) is 17.3 Å². The zero-order valence-electron chi connectivity index (χ0n) is 8.43. The minimum Gasteiger partial charge on any atom is -0.324 e. The van der Waals surface area contributed by atoms with Crippen molar-refractivity contribution in [3.8, 4) is 0 Å². The molecule has 0 aromatic heterocycles. The van der Waals surface area contributed by atoms with Gasteiger partial charge in [-0.2, -0.15) is 0 Å². The Bertz CT molecular complexity index is 312. The third kappa shape index (κ3) is 2.96. The van der Waals surface area contributed by atoms with Gasteiger partial charge in [-0.25, -0.2) is 4.39 Å². The molecule has 0 aliphatic rings. The first-order chi connectivity index (χ1) is 6.50. The molecule has 0 saturated heterocycles. The Kier molecular flexibility index (Phi) is 3.90. The number of rotatable bonds is 3. The summed E-state index contributed by atoms with van der Waals surface area (Å²) in [6.45, 7) is 4.15. The summed E-state index contributed by atoms with van der Waals surface area (Å²) < 4.78 is 12.9. The van der Waals surface area contributed by atoms with Gasteiger partial charge in [0.05, 0.1) is 0 Å². The van der Waals surface area contributed by atoms with Crippen LogP contribution in [0.4, 0.5) is 4.39 Å². The standard InChI is InChI=1S/C11H15ClFN/c1-7(2)5-11(14)9-6-8(13)3-4-10(9)12/h3-4,6-7,11H,5,14H2,1-2H3. The second-order valence-electron chi connectivity index (χ2n) is 3.90. The van der Waals surface area contributed by atoms with E-state index in [2.05, 4.69) is 13.8 Å². The van der Waals surface area contributed by atoms with Gasteiger partial charge >= 0.3 is 0 Å². The SMILES string of the molecule is CC(C)CC(N)c1cc(F)ccc1Cl. The molecule has 0 fully saturated rings. The lowest BCUT2D eigenvalue weighted by Crippen LogP contribution is -2.13. The van der Waals surface area contributed by atoms with Crippen LogP contribution < -0.4 is 5.73 Å². The van der Waals surface area contributed by atoms with Gasteiger partial charge in [-0.15, -0.1) is 0 Å². The van der Waals surface area contributed by atoms with Crippen molar-refractivity contribution in [1.29, 1.82) is 0 Å². The number of hydrogen-bond acceptors (Lipinski definition) is 1. The van der Waals surface area contributed by atoms with Crippen molar-refractivity contribution >= 4 is 11.6 Å². The Morgan fingerprint density at radius 3 is 2.64 bits per heavy atom. The molecule has 1 atom stereocenters. The predicted octanol–water partition coefficient (Wildman–Crippen LogP) is 3.53. The van der Waals surface area contributed by atoms with E-state index in [1.165, 1.54) is 12.1 Å². The molecule has 14 heavy (non-hydrogen) atoms. The monoisotopic (exact) mass is 215 g/mol. The summed E-state index contributed by atoms with van der Waals surface area (Å²) in [5, 5.41) is 0.541. The second kappa shape index (κ2) is 4.76. The maximum absolute atomic E-state index is 12.9. The smallest absolute Gasteiger partial charge is 0.123 e. The van der Waals surface area contributed by atoms with Crippen LogP contribution in [0.3, 0.4) is 0 Å². The molecule has 1 nitrogen and oxygen atoms in total. The fraction of sp³-hybridized carbons (Fsp3) is 0.455. The molecule has 0 aliphatic heterocycles. The molecule has 78 valence electrons. The van der Waals surface area contributed by atoms with Crippen LogP contribution in [0, 0.1) is 11.7 Å². The van der Waals surface area contributed by atoms with E-state index in [9.17, 15) is 4.39 Å². The lowest BCUT2D eigenvalue weighted by atomic mass is 9.98. The highest BCUT2D eigenvalue weighted by Crippen LogP contribution is 2.26. The van der Waals surface area contributed by atoms with E-state index in [-0.39, 0.29) is 11.9 Å². The average Bonchev–Trinajstić information content (AvgIpc) is 2.08. The van der Waals surface area contributed by atoms with Crippen LogP contribution >= 0.6 is 11.6 Å². The molecular formula is C11H15ClFN. The number of halogens is 2. The Labute approximate surface area is 89.1 Å². The van der Waals surface area contributed by atoms with E-state index in [1.54, 1.807) is 6.07 Å². The average molecular weight is 216 g/mol. The summed E-state index contributed by atoms with van der Waals surface area (Å²) in [4.78, 5) is 0. The van der Waals surface area contributed by atoms with Crippen molar-refractivity contribution in [2.24, 2.45) is 11.7 Å². The molecule has 0 aliphatic carbocycles. The van der Waals surface area contributed by atoms with E-state index in [0.717, 1.165) is 6.42 Å². The fourth-order valence-electron chi connectivity index (χ4n) is 1.43. The highest BCUT2D eigenvalue weighted by atomic mass is 35.5. The third-order valence-corrected chi connectivity index (χ3v) is 2.43. The van der Waals surface area contributed by atoms with Crippen LogP contribution in [-0.2, 0) is 0 Å². The van der Waals surface area contributed by atoms with Gasteiger partial charge in [0.2, 0.25) is 0 Å². The van der Waals surface area contributed by atoms with Crippen molar-refractivity contribution in [2.75, 3.05) is 0 Å². The van der Waals surface area contributed by atoms with Crippen molar-refractivity contribution in [2.45, 2.75) is 26.3 Å². The van der Waals surface area contributed by atoms with Gasteiger partial charge in [0.1, 0.15) is 5.82 Å². The van der Waals surface area contributed by atoms with Crippen LogP contribution in [0.2, 0.25) is 5.02 Å². The summed E-state index contributed by atoms with van der Waals surface area (Å²) in [7, 11) is 0. The molecule has 2 N–H and O–H groups in total. The Morgan fingerprint density at radius 2 is 2.07 bits per heavy atom. The van der Waals surface area contributed by atoms with Crippen molar-refractivity contribution in [3.05, 3.63) is 34.6 Å². The molecule has 0 heterocycles. The normalized spacial score (nSPS) is 13.3. The predicted molar refractivity (Wildman–Crippen MR) is 57.8 cm³/mol. The minimum atomic E-state index is -0.288. The number of hydrogen-bond donors (Lipinski definition) is 1. The van der Waals surface area contributed by atoms with Crippen molar-refractivity contribution < 1.29 is 4.39 Å². The van der Waals surface area contributed by atoms with Crippen molar-refractivity contribution in [3.63, 3.8) is 0 Å². The highest BCUT2D eigenvalue weighted by Gasteiger charge is 2.12. The van der Waals surface area contributed by atoms with Gasteiger partial charge in [-0.1, -0.05) is 25.4 Å². The van der Waals surface area contributed by atoms with Gasteiger partial charge in [-0.3, -0.25) is 0 Å². The molecular weight excluding hydrogens is 201 g/mol. The van der Waals surface area contributed by atoms with Crippen LogP contribution in [0.25, 0.3) is 0 Å². The summed E-state index contributed by atoms with van der Waals surface area (Å²) >= 11 is 5.93. The van der Waals surface area contributed by atoms with Gasteiger partial charge in [0.25, 0.3) is 0 Å². The first kappa shape index (κ1) is 11.5. The van der Waals surface area contributed by atoms with Gasteiger partial charge in [-0.05, 0) is 36.1 Å². The molecule has 1 unspecified atom stereocenters. The molecule has 1 aromatic carbocycles. The van der Waals surface area contributed by atoms with Crippen LogP contribution in [0.15, 0.2) is 18.2 Å². The number of benzene rings is 1. The lowest BCUT2D eigenvalue weighted by Gasteiger charge is -2.15. The topological polar surface area (TPSA) is 26.0 Å². The van der Waals surface area contributed by atoms with Crippen LogP contribution in [0.1, 0.15) is 31.9 Å². The first-order valence-corrected chi connectivity index (χ1v) is 5.09. The fourth-order valence-corrected chi connectivity index (χ4v) is 1.69. The van der Waals surface area contributed by atoms with Gasteiger partial charge in [0.15, 0.2) is 0 Å². The Balaban J connectivity index is 2.88. The first-order valence-electron chi connectivity index (χ1n) is 4.71. The Morgan fingerprint density at radius 1 is 1.43 bits per heavy atom. The van der Waals surface area contributed by atoms with Crippen LogP contribution in [-0.4, -0.2) is 0 Å². The second-order valence-corrected chi connectivity index (χ2v) is 4.31. The number of nitrogens with two attached hydrogens (primary N) is 1. The van der Waals surface area contributed by atoms with Gasteiger partial charge < -0.3 is 5.73 Å². The quantitative estimate of drug-likeness (QED) is 0.820. The zero-order chi connectivity index (χ0) is 10.7. The lowest BCUT2D eigenvalue weighted by molar-refractivity contribution is 0.507. The molecule has 0 spiro atoms. The molecule has 0 saturated carbocycles. The maximum Gasteiger partial charge on any atom is 0.123 e. The molecule has 0 radical (unpaired) electrons. The van der Waals surface area contributed by atoms with E-state index < -0.39 is 0 Å². The summed E-state index contributed by atoms with van der Waals surface area (Å²) in [5.41, 5.74) is 6.61. The summed E-state index contributed by atoms with van der Waals surface area (Å²) in [6.07, 6.45) is 0.809.